The Morgan fingerprint density at radius 2 is 2.00 bits per heavy atom. The molecular formula is C22H30OSe. The topological polar surface area (TPSA) is 17.1 Å². The minimum atomic E-state index is 0.00102. The fourth-order valence-corrected chi connectivity index (χ4v) is 6.22. The summed E-state index contributed by atoms with van der Waals surface area (Å²) < 4.78 is 1.70. The number of benzene rings is 1. The van der Waals surface area contributed by atoms with Gasteiger partial charge in [0.25, 0.3) is 0 Å². The van der Waals surface area contributed by atoms with E-state index in [0.29, 0.717) is 10.6 Å². The van der Waals surface area contributed by atoms with Crippen molar-refractivity contribution in [3.8, 4) is 0 Å². The molecule has 0 saturated heterocycles. The maximum absolute atomic E-state index is 12.4. The van der Waals surface area contributed by atoms with Crippen LogP contribution >= 0.6 is 0 Å². The quantitative estimate of drug-likeness (QED) is 0.334. The zero-order valence-corrected chi connectivity index (χ0v) is 16.6. The van der Waals surface area contributed by atoms with Gasteiger partial charge in [-0.25, -0.2) is 0 Å². The Kier molecular flexibility index (Phi) is 6.75. The van der Waals surface area contributed by atoms with Crippen molar-refractivity contribution in [1.29, 1.82) is 0 Å². The fourth-order valence-electron chi connectivity index (χ4n) is 4.59. The van der Waals surface area contributed by atoms with Crippen molar-refractivity contribution in [1.82, 2.24) is 0 Å². The monoisotopic (exact) mass is 390 g/mol. The molecule has 130 valence electrons. The molecule has 0 aromatic heterocycles. The summed E-state index contributed by atoms with van der Waals surface area (Å²) in [5.74, 6) is 2.41. The van der Waals surface area contributed by atoms with E-state index >= 15 is 0 Å². The molecule has 1 fully saturated rings. The van der Waals surface area contributed by atoms with E-state index < -0.39 is 0 Å². The van der Waals surface area contributed by atoms with Gasteiger partial charge in [-0.05, 0) is 0 Å². The van der Waals surface area contributed by atoms with Gasteiger partial charge in [0.1, 0.15) is 0 Å². The summed E-state index contributed by atoms with van der Waals surface area (Å²) in [6.07, 6.45) is 13.9. The molecule has 0 aliphatic heterocycles. The second-order valence-electron chi connectivity index (χ2n) is 7.39. The number of rotatable bonds is 9. The second-order valence-corrected chi connectivity index (χ2v) is 9.76. The first-order valence-electron chi connectivity index (χ1n) is 9.74. The Bertz CT molecular complexity index is 563. The Morgan fingerprint density at radius 3 is 2.79 bits per heavy atom. The van der Waals surface area contributed by atoms with Gasteiger partial charge in [0.05, 0.1) is 0 Å². The molecule has 1 aromatic rings. The van der Waals surface area contributed by atoms with Gasteiger partial charge in [0, 0.05) is 0 Å². The normalized spacial score (nSPS) is 25.5. The van der Waals surface area contributed by atoms with Gasteiger partial charge in [-0.2, -0.15) is 0 Å². The van der Waals surface area contributed by atoms with Gasteiger partial charge in [-0.1, -0.05) is 0 Å². The van der Waals surface area contributed by atoms with Crippen LogP contribution in [0.2, 0.25) is 0 Å². The number of allylic oxidation sites excluding steroid dienone is 2. The molecule has 1 saturated carbocycles. The molecule has 0 spiro atoms. The van der Waals surface area contributed by atoms with Crippen molar-refractivity contribution < 1.29 is 4.79 Å². The molecule has 0 amide bonds. The Hall–Kier alpha value is -0.851. The molecule has 0 bridgehead atoms. The van der Waals surface area contributed by atoms with E-state index in [-0.39, 0.29) is 15.0 Å². The van der Waals surface area contributed by atoms with Crippen LogP contribution in [0.15, 0.2) is 42.0 Å². The Labute approximate surface area is 153 Å². The number of carbonyl (C=O) groups is 1. The third kappa shape index (κ3) is 4.61. The standard InChI is InChI=1S/C22H30OSe/c1-2-3-5-9-17-16-18-10-8-13-20(18)21(17)14-15-22(23)24-19-11-6-4-7-12-19/h4,6-7,11-12,16,18,20-21H,2-3,5,8-10,13-15H2,1H3/t18-,20-,21-/m1/s1. The van der Waals surface area contributed by atoms with Gasteiger partial charge in [0.15, 0.2) is 0 Å². The summed E-state index contributed by atoms with van der Waals surface area (Å²) in [6.45, 7) is 2.28. The van der Waals surface area contributed by atoms with Crippen molar-refractivity contribution >= 4 is 24.1 Å². The predicted octanol–water partition coefficient (Wildman–Crippen LogP) is 4.88. The van der Waals surface area contributed by atoms with E-state index in [0.717, 1.165) is 24.7 Å². The summed E-state index contributed by atoms with van der Waals surface area (Å²) in [4.78, 5) is 12.4. The van der Waals surface area contributed by atoms with Crippen LogP contribution in [-0.2, 0) is 4.79 Å². The summed E-state index contributed by atoms with van der Waals surface area (Å²) in [5.41, 5.74) is 1.71. The zero-order chi connectivity index (χ0) is 16.8. The van der Waals surface area contributed by atoms with Crippen LogP contribution in [0, 0.1) is 17.8 Å². The first kappa shape index (κ1) is 18.0. The van der Waals surface area contributed by atoms with E-state index in [2.05, 4.69) is 25.1 Å². The predicted molar refractivity (Wildman–Crippen MR) is 103 cm³/mol. The molecule has 0 unspecified atom stereocenters. The second kappa shape index (κ2) is 9.02. The van der Waals surface area contributed by atoms with Gasteiger partial charge >= 0.3 is 153 Å². The molecule has 0 radical (unpaired) electrons. The minimum absolute atomic E-state index is 0.00102. The third-order valence-electron chi connectivity index (χ3n) is 5.75. The summed E-state index contributed by atoms with van der Waals surface area (Å²) >= 11 is 0.00102. The third-order valence-corrected chi connectivity index (χ3v) is 7.72. The zero-order valence-electron chi connectivity index (χ0n) is 14.9. The maximum atomic E-state index is 12.4. The van der Waals surface area contributed by atoms with E-state index in [1.54, 1.807) is 5.57 Å². The van der Waals surface area contributed by atoms with E-state index in [9.17, 15) is 4.79 Å². The average molecular weight is 389 g/mol. The summed E-state index contributed by atoms with van der Waals surface area (Å²) in [7, 11) is 0. The Balaban J connectivity index is 1.53. The van der Waals surface area contributed by atoms with Crippen LogP contribution < -0.4 is 4.46 Å². The summed E-state index contributed by atoms with van der Waals surface area (Å²) in [5, 5.41) is 0. The molecular weight excluding hydrogens is 359 g/mol. The van der Waals surface area contributed by atoms with Crippen LogP contribution in [0.1, 0.15) is 64.7 Å². The summed E-state index contributed by atoms with van der Waals surface area (Å²) in [6, 6.07) is 10.3. The molecule has 1 nitrogen and oxygen atoms in total. The van der Waals surface area contributed by atoms with Gasteiger partial charge in [0.2, 0.25) is 0 Å². The van der Waals surface area contributed by atoms with E-state index in [1.807, 2.05) is 18.2 Å². The first-order chi connectivity index (χ1) is 11.8. The van der Waals surface area contributed by atoms with Crippen LogP contribution in [0.3, 0.4) is 0 Å². The van der Waals surface area contributed by atoms with Gasteiger partial charge in [-0.3, -0.25) is 0 Å². The van der Waals surface area contributed by atoms with Crippen molar-refractivity contribution in [3.05, 3.63) is 42.0 Å². The number of carbonyl (C=O) groups excluding carboxylic acids is 1. The average Bonchev–Trinajstić information content (AvgIpc) is 3.15. The van der Waals surface area contributed by atoms with Crippen molar-refractivity contribution in [3.63, 3.8) is 0 Å². The SMILES string of the molecule is CCCCCC1=C[C@H]2CCC[C@H]2[C@@H]1CCC(=O)[Se]c1ccccc1. The molecule has 0 N–H and O–H groups in total. The van der Waals surface area contributed by atoms with Crippen molar-refractivity contribution in [2.45, 2.75) is 64.7 Å². The van der Waals surface area contributed by atoms with Crippen LogP contribution in [-0.4, -0.2) is 19.6 Å². The first-order valence-corrected chi connectivity index (χ1v) is 11.5. The van der Waals surface area contributed by atoms with Gasteiger partial charge < -0.3 is 0 Å². The molecule has 2 aliphatic carbocycles. The molecule has 2 aliphatic rings. The molecule has 3 rings (SSSR count). The number of hydrogen-bond acceptors (Lipinski definition) is 1. The molecule has 3 atom stereocenters. The van der Waals surface area contributed by atoms with Crippen molar-refractivity contribution in [2.75, 3.05) is 0 Å². The molecule has 24 heavy (non-hydrogen) atoms. The number of fused-ring (bicyclic) bond motifs is 1. The molecule has 0 heterocycles. The molecule has 1 aromatic carbocycles. The van der Waals surface area contributed by atoms with Crippen molar-refractivity contribution in [2.24, 2.45) is 17.8 Å². The Morgan fingerprint density at radius 1 is 1.17 bits per heavy atom. The van der Waals surface area contributed by atoms with E-state index in [4.69, 9.17) is 0 Å². The van der Waals surface area contributed by atoms with Crippen LogP contribution in [0.5, 0.6) is 0 Å². The number of unbranched alkanes of at least 4 members (excludes halogenated alkanes) is 2. The van der Waals surface area contributed by atoms with Crippen LogP contribution in [0.4, 0.5) is 0 Å². The number of hydrogen-bond donors (Lipinski definition) is 0. The van der Waals surface area contributed by atoms with Gasteiger partial charge in [-0.15, -0.1) is 0 Å². The van der Waals surface area contributed by atoms with E-state index in [1.165, 1.54) is 49.4 Å². The van der Waals surface area contributed by atoms with Crippen LogP contribution in [0.25, 0.3) is 0 Å². The fraction of sp³-hybridized carbons (Fsp3) is 0.591. The molecule has 2 heteroatoms.